The van der Waals surface area contributed by atoms with Crippen molar-refractivity contribution in [1.82, 2.24) is 9.29 Å². The molecule has 0 aliphatic carbocycles. The summed E-state index contributed by atoms with van der Waals surface area (Å²) < 4.78 is 32.3. The zero-order chi connectivity index (χ0) is 15.8. The average molecular weight is 349 g/mol. The Hall–Kier alpha value is -0.890. The molecule has 0 aromatic carbocycles. The third-order valence-corrected chi connectivity index (χ3v) is 6.52. The van der Waals surface area contributed by atoms with Crippen LogP contribution in [0.5, 0.6) is 0 Å². The molecule has 116 valence electrons. The summed E-state index contributed by atoms with van der Waals surface area (Å²) in [6.07, 6.45) is 0. The molecule has 0 saturated heterocycles. The minimum absolute atomic E-state index is 0.102. The van der Waals surface area contributed by atoms with E-state index in [1.807, 2.05) is 6.92 Å². The molecule has 2 rings (SSSR count). The largest absolute Gasteiger partial charge is 0.465 e. The lowest BCUT2D eigenvalue weighted by Gasteiger charge is -2.17. The van der Waals surface area contributed by atoms with E-state index in [1.165, 1.54) is 15.6 Å². The van der Waals surface area contributed by atoms with E-state index in [1.54, 1.807) is 26.4 Å². The number of hydrogen-bond acceptors (Lipinski definition) is 5. The molecule has 0 unspecified atom stereocenters. The van der Waals surface area contributed by atoms with E-state index in [9.17, 15) is 8.42 Å². The quantitative estimate of drug-likeness (QED) is 0.778. The van der Waals surface area contributed by atoms with Gasteiger partial charge in [-0.1, -0.05) is 0 Å². The Kier molecular flexibility index (Phi) is 4.77. The van der Waals surface area contributed by atoms with Gasteiger partial charge >= 0.3 is 0 Å². The van der Waals surface area contributed by atoms with E-state index in [0.717, 1.165) is 10.6 Å². The van der Waals surface area contributed by atoms with Gasteiger partial charge in [0, 0.05) is 24.0 Å². The van der Waals surface area contributed by atoms with Gasteiger partial charge in [-0.25, -0.2) is 13.4 Å². The van der Waals surface area contributed by atoms with Gasteiger partial charge in [0.1, 0.15) is 16.4 Å². The number of sulfonamides is 1. The Labute approximate surface area is 133 Å². The summed E-state index contributed by atoms with van der Waals surface area (Å²) in [5, 5.41) is 0. The Morgan fingerprint density at radius 2 is 2.00 bits per heavy atom. The predicted octanol–water partition coefficient (Wildman–Crippen LogP) is 3.22. The molecule has 0 amide bonds. The van der Waals surface area contributed by atoms with E-state index in [0.29, 0.717) is 17.1 Å². The number of aryl methyl sites for hydroxylation is 3. The van der Waals surface area contributed by atoms with Gasteiger partial charge < -0.3 is 4.42 Å². The molecule has 0 saturated carbocycles. The Morgan fingerprint density at radius 1 is 1.33 bits per heavy atom. The summed E-state index contributed by atoms with van der Waals surface area (Å²) in [6, 6.07) is 0. The zero-order valence-corrected chi connectivity index (χ0v) is 14.7. The molecule has 0 spiro atoms. The van der Waals surface area contributed by atoms with Crippen molar-refractivity contribution in [2.75, 3.05) is 7.05 Å². The lowest BCUT2D eigenvalue weighted by molar-refractivity contribution is 0.461. The second-order valence-electron chi connectivity index (χ2n) is 4.78. The molecule has 8 heteroatoms. The molecule has 0 aliphatic rings. The summed E-state index contributed by atoms with van der Waals surface area (Å²) in [5.41, 5.74) is 3.09. The average Bonchev–Trinajstić information content (AvgIpc) is 2.92. The van der Waals surface area contributed by atoms with Gasteiger partial charge in [0.15, 0.2) is 0 Å². The topological polar surface area (TPSA) is 63.4 Å². The van der Waals surface area contributed by atoms with Crippen molar-refractivity contribution in [2.24, 2.45) is 0 Å². The minimum Gasteiger partial charge on any atom is -0.465 e. The van der Waals surface area contributed by atoms with Gasteiger partial charge in [0.25, 0.3) is 0 Å². The Balaban J connectivity index is 2.40. The molecule has 21 heavy (non-hydrogen) atoms. The Morgan fingerprint density at radius 3 is 2.52 bits per heavy atom. The summed E-state index contributed by atoms with van der Waals surface area (Å²) in [4.78, 5) is 5.24. The fourth-order valence-electron chi connectivity index (χ4n) is 2.12. The van der Waals surface area contributed by atoms with Crippen LogP contribution < -0.4 is 0 Å². The van der Waals surface area contributed by atoms with Crippen LogP contribution in [0.1, 0.15) is 27.7 Å². The fraction of sp³-hybridized carbons (Fsp3) is 0.462. The van der Waals surface area contributed by atoms with Gasteiger partial charge in [0.05, 0.1) is 17.1 Å². The summed E-state index contributed by atoms with van der Waals surface area (Å²) in [7, 11) is -2.10. The van der Waals surface area contributed by atoms with Crippen molar-refractivity contribution in [1.29, 1.82) is 0 Å². The molecule has 0 radical (unpaired) electrons. The maximum absolute atomic E-state index is 12.8. The third kappa shape index (κ3) is 3.01. The number of hydrogen-bond donors (Lipinski definition) is 0. The van der Waals surface area contributed by atoms with E-state index >= 15 is 0 Å². The van der Waals surface area contributed by atoms with Gasteiger partial charge in [-0.2, -0.15) is 4.31 Å². The van der Waals surface area contributed by atoms with Crippen LogP contribution in [-0.4, -0.2) is 24.8 Å². The molecule has 0 fully saturated rings. The van der Waals surface area contributed by atoms with Crippen LogP contribution >= 0.6 is 22.9 Å². The number of alkyl halides is 1. The van der Waals surface area contributed by atoms with Crippen LogP contribution in [0.4, 0.5) is 0 Å². The van der Waals surface area contributed by atoms with Crippen LogP contribution in [0.15, 0.2) is 14.8 Å². The molecule has 2 heterocycles. The molecule has 0 N–H and O–H groups in total. The highest BCUT2D eigenvalue weighted by molar-refractivity contribution is 7.89. The third-order valence-electron chi connectivity index (χ3n) is 3.34. The second-order valence-corrected chi connectivity index (χ2v) is 7.97. The SMILES string of the molecule is Cc1ncsc1CN(C)S(=O)(=O)c1c(C)oc(C)c1CCl. The van der Waals surface area contributed by atoms with Crippen molar-refractivity contribution < 1.29 is 12.8 Å². The van der Waals surface area contributed by atoms with Crippen LogP contribution in [-0.2, 0) is 22.4 Å². The van der Waals surface area contributed by atoms with Gasteiger partial charge in [-0.15, -0.1) is 22.9 Å². The standard InChI is InChI=1S/C13H17ClN2O3S2/c1-8-12(20-7-15-8)6-16(4)21(17,18)13-10(3)19-9(2)11(13)5-14/h7H,5-6H2,1-4H3. The van der Waals surface area contributed by atoms with E-state index in [-0.39, 0.29) is 17.3 Å². The highest BCUT2D eigenvalue weighted by Gasteiger charge is 2.30. The smallest absolute Gasteiger partial charge is 0.246 e. The molecule has 2 aromatic heterocycles. The molecular weight excluding hydrogens is 332 g/mol. The van der Waals surface area contributed by atoms with Crippen molar-refractivity contribution in [2.45, 2.75) is 38.1 Å². The van der Waals surface area contributed by atoms with Gasteiger partial charge in [-0.3, -0.25) is 0 Å². The number of aromatic nitrogens is 1. The molecular formula is C13H17ClN2O3S2. The van der Waals surface area contributed by atoms with Crippen molar-refractivity contribution >= 4 is 33.0 Å². The minimum atomic E-state index is -3.65. The van der Waals surface area contributed by atoms with Crippen molar-refractivity contribution in [3.8, 4) is 0 Å². The van der Waals surface area contributed by atoms with E-state index in [4.69, 9.17) is 16.0 Å². The molecule has 2 aromatic rings. The monoisotopic (exact) mass is 348 g/mol. The lowest BCUT2D eigenvalue weighted by Crippen LogP contribution is -2.27. The molecule has 0 bridgehead atoms. The van der Waals surface area contributed by atoms with Crippen molar-refractivity contribution in [3.63, 3.8) is 0 Å². The first-order chi connectivity index (χ1) is 9.78. The number of halogens is 1. The first-order valence-electron chi connectivity index (χ1n) is 6.29. The normalized spacial score (nSPS) is 12.3. The number of thiazole rings is 1. The molecule has 5 nitrogen and oxygen atoms in total. The fourth-order valence-corrected chi connectivity index (χ4v) is 4.98. The Bertz CT molecular complexity index is 750. The highest BCUT2D eigenvalue weighted by atomic mass is 35.5. The lowest BCUT2D eigenvalue weighted by atomic mass is 10.3. The van der Waals surface area contributed by atoms with Gasteiger partial charge in [0.2, 0.25) is 10.0 Å². The van der Waals surface area contributed by atoms with Gasteiger partial charge in [-0.05, 0) is 20.8 Å². The summed E-state index contributed by atoms with van der Waals surface area (Å²) >= 11 is 7.32. The second kappa shape index (κ2) is 6.08. The van der Waals surface area contributed by atoms with Crippen LogP contribution in [0.25, 0.3) is 0 Å². The van der Waals surface area contributed by atoms with Crippen molar-refractivity contribution in [3.05, 3.63) is 33.2 Å². The molecule has 0 aliphatic heterocycles. The first-order valence-corrected chi connectivity index (χ1v) is 9.14. The van der Waals surface area contributed by atoms with Crippen LogP contribution in [0.3, 0.4) is 0 Å². The first kappa shape index (κ1) is 16.5. The zero-order valence-electron chi connectivity index (χ0n) is 12.3. The van der Waals surface area contributed by atoms with E-state index in [2.05, 4.69) is 4.98 Å². The maximum Gasteiger partial charge on any atom is 0.246 e. The number of furan rings is 1. The summed E-state index contributed by atoms with van der Waals surface area (Å²) in [5.74, 6) is 1.02. The summed E-state index contributed by atoms with van der Waals surface area (Å²) in [6.45, 7) is 5.51. The molecule has 0 atom stereocenters. The number of rotatable bonds is 5. The maximum atomic E-state index is 12.8. The highest BCUT2D eigenvalue weighted by Crippen LogP contribution is 2.31. The number of nitrogens with zero attached hydrogens (tertiary/aromatic N) is 2. The van der Waals surface area contributed by atoms with E-state index < -0.39 is 10.0 Å². The van der Waals surface area contributed by atoms with Crippen LogP contribution in [0.2, 0.25) is 0 Å². The van der Waals surface area contributed by atoms with Crippen LogP contribution in [0, 0.1) is 20.8 Å². The predicted molar refractivity (Wildman–Crippen MR) is 83.2 cm³/mol.